The molecule has 6 heteroatoms. The molecular weight excluding hydrogens is 341 g/mol. The highest BCUT2D eigenvalue weighted by atomic mass is 19.4. The Morgan fingerprint density at radius 1 is 1.19 bits per heavy atom. The van der Waals surface area contributed by atoms with Gasteiger partial charge in [0.2, 0.25) is 0 Å². The molecule has 4 rings (SSSR count). The molecule has 26 heavy (non-hydrogen) atoms. The van der Waals surface area contributed by atoms with Crippen LogP contribution in [0.15, 0.2) is 42.6 Å². The first-order valence-electron chi connectivity index (χ1n) is 8.34. The predicted molar refractivity (Wildman–Crippen MR) is 94.1 cm³/mol. The van der Waals surface area contributed by atoms with E-state index in [1.807, 2.05) is 19.1 Å². The van der Waals surface area contributed by atoms with E-state index in [1.165, 1.54) is 12.3 Å². The molecule has 1 aliphatic heterocycles. The second kappa shape index (κ2) is 5.99. The van der Waals surface area contributed by atoms with Crippen LogP contribution in [0, 0.1) is 6.92 Å². The molecule has 134 valence electrons. The summed E-state index contributed by atoms with van der Waals surface area (Å²) in [7, 11) is 0. The van der Waals surface area contributed by atoms with E-state index in [0.717, 1.165) is 22.8 Å². The molecule has 1 aliphatic rings. The molecular formula is C20H17F3N2O. The molecule has 0 bridgehead atoms. The van der Waals surface area contributed by atoms with Gasteiger partial charge in [-0.2, -0.15) is 13.2 Å². The molecule has 0 unspecified atom stereocenters. The van der Waals surface area contributed by atoms with Crippen molar-refractivity contribution in [3.63, 3.8) is 0 Å². The Morgan fingerprint density at radius 2 is 2.00 bits per heavy atom. The van der Waals surface area contributed by atoms with Crippen molar-refractivity contribution in [2.24, 2.45) is 5.73 Å². The smallest absolute Gasteiger partial charge is 0.418 e. The summed E-state index contributed by atoms with van der Waals surface area (Å²) in [6.45, 7) is 2.35. The monoisotopic (exact) mass is 358 g/mol. The maximum Gasteiger partial charge on any atom is 0.418 e. The van der Waals surface area contributed by atoms with Crippen LogP contribution in [0.4, 0.5) is 13.2 Å². The number of nitrogens with two attached hydrogens (primary N) is 1. The van der Waals surface area contributed by atoms with Gasteiger partial charge in [-0.05, 0) is 41.8 Å². The van der Waals surface area contributed by atoms with Crippen LogP contribution >= 0.6 is 0 Å². The van der Waals surface area contributed by atoms with Gasteiger partial charge >= 0.3 is 6.18 Å². The first-order valence-corrected chi connectivity index (χ1v) is 8.34. The predicted octanol–water partition coefficient (Wildman–Crippen LogP) is 4.49. The molecule has 1 atom stereocenters. The first-order chi connectivity index (χ1) is 12.4. The third-order valence-electron chi connectivity index (χ3n) is 4.67. The van der Waals surface area contributed by atoms with Gasteiger partial charge in [-0.15, -0.1) is 0 Å². The number of hydrogen-bond donors (Lipinski definition) is 1. The molecule has 0 radical (unpaired) electrons. The van der Waals surface area contributed by atoms with Gasteiger partial charge in [0.1, 0.15) is 11.9 Å². The normalized spacial score (nSPS) is 16.6. The van der Waals surface area contributed by atoms with Gasteiger partial charge in [-0.1, -0.05) is 18.2 Å². The van der Waals surface area contributed by atoms with E-state index < -0.39 is 11.7 Å². The number of rotatable bonds is 2. The van der Waals surface area contributed by atoms with Gasteiger partial charge in [-0.25, -0.2) is 0 Å². The number of hydrogen-bond acceptors (Lipinski definition) is 3. The quantitative estimate of drug-likeness (QED) is 0.734. The summed E-state index contributed by atoms with van der Waals surface area (Å²) in [4.78, 5) is 4.00. The Labute approximate surface area is 148 Å². The standard InChI is InChI=1S/C20H17F3N2O/c1-11-7-12-9-13(10-24)26-19(12)16(8-11)14-5-6-25-18-15(14)3-2-4-17(18)20(21,22)23/h2-8,13H,9-10,24H2,1H3/t13-/m0/s1. The second-order valence-electron chi connectivity index (χ2n) is 6.54. The third-order valence-corrected chi connectivity index (χ3v) is 4.67. The van der Waals surface area contributed by atoms with Crippen molar-refractivity contribution in [3.8, 4) is 16.9 Å². The zero-order valence-corrected chi connectivity index (χ0v) is 14.1. The van der Waals surface area contributed by atoms with E-state index in [1.54, 1.807) is 12.1 Å². The summed E-state index contributed by atoms with van der Waals surface area (Å²) in [5.74, 6) is 0.705. The molecule has 0 fully saturated rings. The van der Waals surface area contributed by atoms with Crippen molar-refractivity contribution in [1.82, 2.24) is 4.98 Å². The van der Waals surface area contributed by atoms with E-state index in [-0.39, 0.29) is 11.6 Å². The third kappa shape index (κ3) is 2.70. The minimum absolute atomic E-state index is 0.0545. The Kier molecular flexibility index (Phi) is 3.88. The number of nitrogens with zero attached hydrogens (tertiary/aromatic N) is 1. The number of aryl methyl sites for hydroxylation is 1. The highest BCUT2D eigenvalue weighted by Gasteiger charge is 2.34. The average Bonchev–Trinajstić information content (AvgIpc) is 3.02. The van der Waals surface area contributed by atoms with Crippen molar-refractivity contribution in [2.75, 3.05) is 6.54 Å². The summed E-state index contributed by atoms with van der Waals surface area (Å²) in [5.41, 5.74) is 8.47. The van der Waals surface area contributed by atoms with Crippen LogP contribution in [0.25, 0.3) is 22.0 Å². The molecule has 0 aliphatic carbocycles. The van der Waals surface area contributed by atoms with Crippen LogP contribution in [-0.4, -0.2) is 17.6 Å². The SMILES string of the molecule is Cc1cc2c(c(-c3ccnc4c(C(F)(F)F)cccc34)c1)O[C@H](CN)C2. The van der Waals surface area contributed by atoms with Crippen molar-refractivity contribution >= 4 is 10.9 Å². The molecule has 3 nitrogen and oxygen atoms in total. The number of benzene rings is 2. The van der Waals surface area contributed by atoms with Gasteiger partial charge in [0, 0.05) is 30.1 Å². The Hall–Kier alpha value is -2.60. The molecule has 2 aromatic carbocycles. The topological polar surface area (TPSA) is 48.1 Å². The average molecular weight is 358 g/mol. The van der Waals surface area contributed by atoms with E-state index in [4.69, 9.17) is 10.5 Å². The Bertz CT molecular complexity index is 998. The van der Waals surface area contributed by atoms with Crippen LogP contribution in [0.2, 0.25) is 0 Å². The van der Waals surface area contributed by atoms with Crippen LogP contribution in [0.3, 0.4) is 0 Å². The minimum Gasteiger partial charge on any atom is -0.488 e. The summed E-state index contributed by atoms with van der Waals surface area (Å²) in [6.07, 6.45) is -2.45. The highest BCUT2D eigenvalue weighted by molar-refractivity contribution is 5.98. The summed E-state index contributed by atoms with van der Waals surface area (Å²) >= 11 is 0. The fraction of sp³-hybridized carbons (Fsp3) is 0.250. The lowest BCUT2D eigenvalue weighted by Gasteiger charge is -2.15. The van der Waals surface area contributed by atoms with Crippen molar-refractivity contribution in [3.05, 3.63) is 59.3 Å². The molecule has 0 amide bonds. The summed E-state index contributed by atoms with van der Waals surface area (Å²) in [6, 6.07) is 9.84. The molecule has 0 spiro atoms. The van der Waals surface area contributed by atoms with E-state index in [9.17, 15) is 13.2 Å². The maximum atomic E-state index is 13.4. The van der Waals surface area contributed by atoms with Gasteiger partial charge < -0.3 is 10.5 Å². The van der Waals surface area contributed by atoms with Crippen LogP contribution in [0.5, 0.6) is 5.75 Å². The number of alkyl halides is 3. The van der Waals surface area contributed by atoms with Crippen molar-refractivity contribution in [2.45, 2.75) is 25.6 Å². The number of halogens is 3. The van der Waals surface area contributed by atoms with Gasteiger partial charge in [0.15, 0.2) is 0 Å². The van der Waals surface area contributed by atoms with Gasteiger partial charge in [-0.3, -0.25) is 4.98 Å². The van der Waals surface area contributed by atoms with Crippen molar-refractivity contribution in [1.29, 1.82) is 0 Å². The molecule has 0 saturated carbocycles. The zero-order chi connectivity index (χ0) is 18.5. The maximum absolute atomic E-state index is 13.4. The van der Waals surface area contributed by atoms with Crippen LogP contribution in [-0.2, 0) is 12.6 Å². The number of ether oxygens (including phenoxy) is 1. The zero-order valence-electron chi connectivity index (χ0n) is 14.1. The van der Waals surface area contributed by atoms with Crippen molar-refractivity contribution < 1.29 is 17.9 Å². The Balaban J connectivity index is 1.98. The van der Waals surface area contributed by atoms with E-state index in [0.29, 0.717) is 29.7 Å². The lowest BCUT2D eigenvalue weighted by atomic mass is 9.94. The summed E-state index contributed by atoms with van der Waals surface area (Å²) < 4.78 is 46.0. The highest BCUT2D eigenvalue weighted by Crippen LogP contribution is 2.43. The number of aromatic nitrogens is 1. The number of pyridine rings is 1. The number of fused-ring (bicyclic) bond motifs is 2. The first kappa shape index (κ1) is 16.8. The summed E-state index contributed by atoms with van der Waals surface area (Å²) in [5, 5.41) is 0.454. The molecule has 3 aromatic rings. The lowest BCUT2D eigenvalue weighted by molar-refractivity contribution is -0.136. The number of para-hydroxylation sites is 1. The molecule has 1 aromatic heterocycles. The largest absolute Gasteiger partial charge is 0.488 e. The molecule has 0 saturated heterocycles. The van der Waals surface area contributed by atoms with Gasteiger partial charge in [0.25, 0.3) is 0 Å². The molecule has 2 heterocycles. The minimum atomic E-state index is -4.46. The second-order valence-corrected chi connectivity index (χ2v) is 6.54. The van der Waals surface area contributed by atoms with Crippen LogP contribution < -0.4 is 10.5 Å². The van der Waals surface area contributed by atoms with Crippen LogP contribution in [0.1, 0.15) is 16.7 Å². The van der Waals surface area contributed by atoms with Gasteiger partial charge in [0.05, 0.1) is 11.1 Å². The molecule has 2 N–H and O–H groups in total. The van der Waals surface area contributed by atoms with E-state index in [2.05, 4.69) is 4.98 Å². The Morgan fingerprint density at radius 3 is 2.73 bits per heavy atom. The fourth-order valence-electron chi connectivity index (χ4n) is 3.56. The lowest BCUT2D eigenvalue weighted by Crippen LogP contribution is -2.24. The fourth-order valence-corrected chi connectivity index (χ4v) is 3.56. The van der Waals surface area contributed by atoms with E-state index >= 15 is 0 Å².